The van der Waals surface area contributed by atoms with Gasteiger partial charge in [-0.3, -0.25) is 4.79 Å². The Hall–Kier alpha value is -1.53. The van der Waals surface area contributed by atoms with Crippen LogP contribution in [0.2, 0.25) is 0 Å². The van der Waals surface area contributed by atoms with Crippen molar-refractivity contribution in [2.24, 2.45) is 0 Å². The quantitative estimate of drug-likeness (QED) is 0.675. The van der Waals surface area contributed by atoms with Crippen LogP contribution >= 0.6 is 0 Å². The first kappa shape index (κ1) is 12.5. The Morgan fingerprint density at radius 1 is 1.43 bits per heavy atom. The highest BCUT2D eigenvalue weighted by atomic mass is 19.4. The number of aliphatic carboxylic acids is 1. The number of carboxylic acids is 1. The zero-order valence-corrected chi connectivity index (χ0v) is 7.18. The van der Waals surface area contributed by atoms with E-state index in [4.69, 9.17) is 5.11 Å². The second kappa shape index (κ2) is 4.64. The summed E-state index contributed by atoms with van der Waals surface area (Å²) in [5, 5.41) is 9.73. The highest BCUT2D eigenvalue weighted by molar-refractivity contribution is 5.83. The van der Waals surface area contributed by atoms with Crippen molar-refractivity contribution in [2.45, 2.75) is 13.1 Å². The Bertz CT molecular complexity index is 270. The fourth-order valence-corrected chi connectivity index (χ4v) is 0.582. The number of amides is 1. The Kier molecular flexibility index (Phi) is 4.13. The first-order valence-corrected chi connectivity index (χ1v) is 3.48. The lowest BCUT2D eigenvalue weighted by molar-refractivity contribution is -0.173. The van der Waals surface area contributed by atoms with Gasteiger partial charge in [-0.2, -0.15) is 13.2 Å². The maximum Gasteiger partial charge on any atom is 0.471 e. The summed E-state index contributed by atoms with van der Waals surface area (Å²) in [6, 6.07) is 0. The molecule has 0 aliphatic heterocycles. The van der Waals surface area contributed by atoms with Crippen molar-refractivity contribution in [3.05, 3.63) is 11.6 Å². The van der Waals surface area contributed by atoms with E-state index in [2.05, 4.69) is 0 Å². The van der Waals surface area contributed by atoms with Crippen LogP contribution < -0.4 is 5.32 Å². The molecule has 0 bridgehead atoms. The molecule has 0 atom stereocenters. The topological polar surface area (TPSA) is 66.4 Å². The van der Waals surface area contributed by atoms with Crippen LogP contribution in [0.25, 0.3) is 0 Å². The van der Waals surface area contributed by atoms with Crippen LogP contribution in [0.4, 0.5) is 13.2 Å². The molecule has 0 saturated carbocycles. The summed E-state index contributed by atoms with van der Waals surface area (Å²) >= 11 is 0. The fourth-order valence-electron chi connectivity index (χ4n) is 0.582. The van der Waals surface area contributed by atoms with E-state index in [9.17, 15) is 22.8 Å². The first-order valence-electron chi connectivity index (χ1n) is 3.48. The first-order chi connectivity index (χ1) is 6.23. The second-order valence-corrected chi connectivity index (χ2v) is 2.51. The van der Waals surface area contributed by atoms with Crippen LogP contribution in [0.1, 0.15) is 6.92 Å². The van der Waals surface area contributed by atoms with Gasteiger partial charge in [-0.05, 0) is 12.5 Å². The molecule has 0 fully saturated rings. The van der Waals surface area contributed by atoms with E-state index in [0.717, 1.165) is 6.08 Å². The number of carbonyl (C=O) groups excluding carboxylic acids is 1. The molecule has 0 aromatic carbocycles. The van der Waals surface area contributed by atoms with Crippen molar-refractivity contribution in [1.82, 2.24) is 5.32 Å². The van der Waals surface area contributed by atoms with Crippen molar-refractivity contribution < 1.29 is 27.9 Å². The maximum atomic E-state index is 11.6. The highest BCUT2D eigenvalue weighted by Crippen LogP contribution is 2.13. The summed E-state index contributed by atoms with van der Waals surface area (Å²) in [7, 11) is 0. The van der Waals surface area contributed by atoms with Gasteiger partial charge < -0.3 is 10.4 Å². The summed E-state index contributed by atoms with van der Waals surface area (Å²) in [6.07, 6.45) is -4.22. The monoisotopic (exact) mass is 211 g/mol. The van der Waals surface area contributed by atoms with Gasteiger partial charge in [0.25, 0.3) is 0 Å². The van der Waals surface area contributed by atoms with E-state index in [-0.39, 0.29) is 5.57 Å². The zero-order chi connectivity index (χ0) is 11.4. The predicted octanol–water partition coefficient (Wildman–Crippen LogP) is 0.696. The molecule has 0 heterocycles. The molecule has 0 aliphatic rings. The predicted molar refractivity (Wildman–Crippen MR) is 40.5 cm³/mol. The van der Waals surface area contributed by atoms with E-state index in [1.54, 1.807) is 0 Å². The molecule has 0 aliphatic carbocycles. The SMILES string of the molecule is C/C(=C\C(=O)O)CNC(=O)C(F)(F)F. The minimum Gasteiger partial charge on any atom is -0.478 e. The number of hydrogen-bond acceptors (Lipinski definition) is 2. The van der Waals surface area contributed by atoms with Gasteiger partial charge in [0.1, 0.15) is 0 Å². The number of nitrogens with one attached hydrogen (secondary N) is 1. The lowest BCUT2D eigenvalue weighted by Crippen LogP contribution is -2.37. The largest absolute Gasteiger partial charge is 0.478 e. The lowest BCUT2D eigenvalue weighted by Gasteiger charge is -2.07. The van der Waals surface area contributed by atoms with Gasteiger partial charge in [-0.15, -0.1) is 0 Å². The van der Waals surface area contributed by atoms with Crippen molar-refractivity contribution in [3.63, 3.8) is 0 Å². The molecule has 2 N–H and O–H groups in total. The molecule has 7 heteroatoms. The molecule has 0 spiro atoms. The molecule has 14 heavy (non-hydrogen) atoms. The van der Waals surface area contributed by atoms with Gasteiger partial charge in [0.15, 0.2) is 0 Å². The number of rotatable bonds is 3. The van der Waals surface area contributed by atoms with Gasteiger partial charge in [0.2, 0.25) is 0 Å². The molecular weight excluding hydrogens is 203 g/mol. The van der Waals surface area contributed by atoms with Crippen molar-refractivity contribution in [1.29, 1.82) is 0 Å². The zero-order valence-electron chi connectivity index (χ0n) is 7.18. The molecule has 0 rings (SSSR count). The molecule has 0 saturated heterocycles. The standard InChI is InChI=1S/C7H8F3NO3/c1-4(2-5(12)13)3-11-6(14)7(8,9)10/h2H,3H2,1H3,(H,11,14)(H,12,13)/b4-2+. The van der Waals surface area contributed by atoms with Crippen LogP contribution in [-0.2, 0) is 9.59 Å². The molecule has 4 nitrogen and oxygen atoms in total. The van der Waals surface area contributed by atoms with Crippen molar-refractivity contribution >= 4 is 11.9 Å². The van der Waals surface area contributed by atoms with E-state index < -0.39 is 24.6 Å². The Morgan fingerprint density at radius 3 is 2.29 bits per heavy atom. The summed E-state index contributed by atoms with van der Waals surface area (Å²) in [5.74, 6) is -3.36. The summed E-state index contributed by atoms with van der Waals surface area (Å²) < 4.78 is 34.8. The number of carbonyl (C=O) groups is 2. The minimum atomic E-state index is -4.94. The van der Waals surface area contributed by atoms with Gasteiger partial charge in [-0.1, -0.05) is 0 Å². The minimum absolute atomic E-state index is 0.120. The third-order valence-corrected chi connectivity index (χ3v) is 1.16. The summed E-state index contributed by atoms with van der Waals surface area (Å²) in [6.45, 7) is 0.857. The normalized spacial score (nSPS) is 12.4. The van der Waals surface area contributed by atoms with Gasteiger partial charge in [0.05, 0.1) is 0 Å². The van der Waals surface area contributed by atoms with E-state index in [1.165, 1.54) is 12.2 Å². The Morgan fingerprint density at radius 2 is 1.93 bits per heavy atom. The summed E-state index contributed by atoms with van der Waals surface area (Å²) in [4.78, 5) is 20.3. The van der Waals surface area contributed by atoms with Crippen LogP contribution in [0.15, 0.2) is 11.6 Å². The van der Waals surface area contributed by atoms with E-state index in [0.29, 0.717) is 0 Å². The smallest absolute Gasteiger partial charge is 0.471 e. The average molecular weight is 211 g/mol. The maximum absolute atomic E-state index is 11.6. The van der Waals surface area contributed by atoms with Crippen LogP contribution in [0, 0.1) is 0 Å². The highest BCUT2D eigenvalue weighted by Gasteiger charge is 2.38. The molecule has 0 unspecified atom stereocenters. The molecule has 1 amide bonds. The van der Waals surface area contributed by atoms with E-state index >= 15 is 0 Å². The third kappa shape index (κ3) is 5.18. The van der Waals surface area contributed by atoms with Gasteiger partial charge in [-0.25, -0.2) is 4.79 Å². The molecule has 0 aromatic heterocycles. The van der Waals surface area contributed by atoms with Crippen LogP contribution in [0.5, 0.6) is 0 Å². The Balaban J connectivity index is 4.08. The average Bonchev–Trinajstić information content (AvgIpc) is 1.96. The number of hydrogen-bond donors (Lipinski definition) is 2. The number of alkyl halides is 3. The lowest BCUT2D eigenvalue weighted by atomic mass is 10.3. The van der Waals surface area contributed by atoms with Crippen molar-refractivity contribution in [3.8, 4) is 0 Å². The van der Waals surface area contributed by atoms with E-state index in [1.807, 2.05) is 0 Å². The fraction of sp³-hybridized carbons (Fsp3) is 0.429. The molecular formula is C7H8F3NO3. The third-order valence-electron chi connectivity index (χ3n) is 1.16. The summed E-state index contributed by atoms with van der Waals surface area (Å²) in [5.41, 5.74) is 0.120. The molecule has 80 valence electrons. The van der Waals surface area contributed by atoms with Crippen LogP contribution in [0.3, 0.4) is 0 Å². The van der Waals surface area contributed by atoms with Crippen LogP contribution in [-0.4, -0.2) is 29.7 Å². The molecule has 0 aromatic rings. The molecule has 0 radical (unpaired) electrons. The Labute approximate surface area is 77.4 Å². The van der Waals surface area contributed by atoms with Gasteiger partial charge >= 0.3 is 18.1 Å². The second-order valence-electron chi connectivity index (χ2n) is 2.51. The number of halogens is 3. The number of carboxylic acid groups (broad SMARTS) is 1. The van der Waals surface area contributed by atoms with Gasteiger partial charge in [0, 0.05) is 12.6 Å². The van der Waals surface area contributed by atoms with Crippen molar-refractivity contribution in [2.75, 3.05) is 6.54 Å².